The molecular formula is C12H15N2S+. The highest BCUT2D eigenvalue weighted by molar-refractivity contribution is 7.14. The van der Waals surface area contributed by atoms with Crippen LogP contribution in [0.3, 0.4) is 0 Å². The van der Waals surface area contributed by atoms with Gasteiger partial charge in [-0.1, -0.05) is 25.2 Å². The van der Waals surface area contributed by atoms with Crippen molar-refractivity contribution in [3.8, 4) is 5.00 Å². The zero-order valence-electron chi connectivity index (χ0n) is 9.27. The van der Waals surface area contributed by atoms with Crippen molar-refractivity contribution in [3.05, 3.63) is 41.0 Å². The zero-order chi connectivity index (χ0) is 10.8. The van der Waals surface area contributed by atoms with Crippen molar-refractivity contribution in [3.63, 3.8) is 0 Å². The summed E-state index contributed by atoms with van der Waals surface area (Å²) in [5.41, 5.74) is 1.04. The highest BCUT2D eigenvalue weighted by Crippen LogP contribution is 2.23. The number of thiophene rings is 1. The molecule has 0 bridgehead atoms. The van der Waals surface area contributed by atoms with Gasteiger partial charge in [-0.3, -0.25) is 0 Å². The van der Waals surface area contributed by atoms with E-state index >= 15 is 0 Å². The lowest BCUT2D eigenvalue weighted by Crippen LogP contribution is -2.33. The van der Waals surface area contributed by atoms with Crippen molar-refractivity contribution in [1.82, 2.24) is 5.10 Å². The first-order chi connectivity index (χ1) is 7.16. The summed E-state index contributed by atoms with van der Waals surface area (Å²) in [6.07, 6.45) is 1.99. The maximum atomic E-state index is 4.44. The van der Waals surface area contributed by atoms with Gasteiger partial charge in [0.2, 0.25) is 6.20 Å². The van der Waals surface area contributed by atoms with Crippen LogP contribution in [0, 0.1) is 6.92 Å². The van der Waals surface area contributed by atoms with Gasteiger partial charge in [-0.25, -0.2) is 0 Å². The third kappa shape index (κ3) is 2.23. The summed E-state index contributed by atoms with van der Waals surface area (Å²) in [6, 6.07) is 8.35. The summed E-state index contributed by atoms with van der Waals surface area (Å²) in [6.45, 7) is 6.43. The average Bonchev–Trinajstić information content (AvgIpc) is 2.66. The highest BCUT2D eigenvalue weighted by atomic mass is 32.1. The summed E-state index contributed by atoms with van der Waals surface area (Å²) in [4.78, 5) is 1.40. The molecule has 0 aliphatic rings. The quantitative estimate of drug-likeness (QED) is 0.710. The van der Waals surface area contributed by atoms with Crippen molar-refractivity contribution < 1.29 is 4.68 Å². The monoisotopic (exact) mass is 219 g/mol. The fourth-order valence-corrected chi connectivity index (χ4v) is 2.34. The predicted octanol–water partition coefficient (Wildman–Crippen LogP) is 2.85. The number of aromatic nitrogens is 2. The summed E-state index contributed by atoms with van der Waals surface area (Å²) in [7, 11) is 0. The normalized spacial score (nSPS) is 10.9. The molecule has 3 heteroatoms. The SMILES string of the molecule is Cc1ccc[n+](-c2ccc(C(C)C)s2)n1. The van der Waals surface area contributed by atoms with Crippen molar-refractivity contribution in [2.45, 2.75) is 26.7 Å². The van der Waals surface area contributed by atoms with Gasteiger partial charge < -0.3 is 0 Å². The molecule has 2 aromatic rings. The molecule has 2 aromatic heterocycles. The number of rotatable bonds is 2. The average molecular weight is 219 g/mol. The molecule has 0 aliphatic carbocycles. The Kier molecular flexibility index (Phi) is 2.82. The van der Waals surface area contributed by atoms with E-state index in [1.54, 1.807) is 11.3 Å². The summed E-state index contributed by atoms with van der Waals surface area (Å²) >= 11 is 1.80. The molecule has 2 heterocycles. The Morgan fingerprint density at radius 2 is 2.07 bits per heavy atom. The number of hydrogen-bond donors (Lipinski definition) is 0. The topological polar surface area (TPSA) is 16.8 Å². The van der Waals surface area contributed by atoms with E-state index in [0.717, 1.165) is 5.69 Å². The molecule has 0 aliphatic heterocycles. The fourth-order valence-electron chi connectivity index (χ4n) is 1.40. The Morgan fingerprint density at radius 1 is 1.27 bits per heavy atom. The van der Waals surface area contributed by atoms with Crippen LogP contribution in [0.15, 0.2) is 30.5 Å². The molecule has 0 fully saturated rings. The largest absolute Gasteiger partial charge is 0.293 e. The number of hydrogen-bond acceptors (Lipinski definition) is 2. The summed E-state index contributed by atoms with van der Waals surface area (Å²) < 4.78 is 1.94. The second kappa shape index (κ2) is 4.11. The van der Waals surface area contributed by atoms with Gasteiger partial charge in [0.1, 0.15) is 5.69 Å². The van der Waals surface area contributed by atoms with Gasteiger partial charge in [0.05, 0.1) is 0 Å². The Balaban J connectivity index is 2.37. The second-order valence-corrected chi connectivity index (χ2v) is 5.02. The molecule has 0 unspecified atom stereocenters. The predicted molar refractivity (Wildman–Crippen MR) is 62.5 cm³/mol. The van der Waals surface area contributed by atoms with E-state index in [4.69, 9.17) is 0 Å². The Labute approximate surface area is 94.2 Å². The minimum Gasteiger partial charge on any atom is -0.0707 e. The van der Waals surface area contributed by atoms with E-state index in [1.165, 1.54) is 9.88 Å². The van der Waals surface area contributed by atoms with Crippen molar-refractivity contribution >= 4 is 11.3 Å². The van der Waals surface area contributed by atoms with Crippen molar-refractivity contribution in [2.24, 2.45) is 0 Å². The molecule has 15 heavy (non-hydrogen) atoms. The third-order valence-corrected chi connectivity index (χ3v) is 3.61. The minimum absolute atomic E-state index is 0.592. The molecule has 0 spiro atoms. The first kappa shape index (κ1) is 10.3. The molecule has 0 saturated heterocycles. The Bertz CT molecular complexity index is 460. The number of aryl methyl sites for hydroxylation is 1. The molecule has 78 valence electrons. The van der Waals surface area contributed by atoms with E-state index in [9.17, 15) is 0 Å². The van der Waals surface area contributed by atoms with Crippen LogP contribution in [-0.4, -0.2) is 5.10 Å². The lowest BCUT2D eigenvalue weighted by Gasteiger charge is -1.96. The summed E-state index contributed by atoms with van der Waals surface area (Å²) in [5, 5.41) is 5.63. The molecule has 0 radical (unpaired) electrons. The van der Waals surface area contributed by atoms with Crippen LogP contribution in [0.4, 0.5) is 0 Å². The van der Waals surface area contributed by atoms with Crippen LogP contribution in [-0.2, 0) is 0 Å². The Hall–Kier alpha value is -1.22. The van der Waals surface area contributed by atoms with Crippen LogP contribution in [0.5, 0.6) is 0 Å². The fraction of sp³-hybridized carbons (Fsp3) is 0.333. The molecular weight excluding hydrogens is 204 g/mol. The molecule has 0 N–H and O–H groups in total. The lowest BCUT2D eigenvalue weighted by molar-refractivity contribution is -0.656. The highest BCUT2D eigenvalue weighted by Gasteiger charge is 2.12. The maximum Gasteiger partial charge on any atom is 0.293 e. The van der Waals surface area contributed by atoms with Gasteiger partial charge in [-0.2, -0.15) is 0 Å². The van der Waals surface area contributed by atoms with Gasteiger partial charge in [-0.15, -0.1) is 0 Å². The number of nitrogens with zero attached hydrogens (tertiary/aromatic N) is 2. The van der Waals surface area contributed by atoms with E-state index < -0.39 is 0 Å². The van der Waals surface area contributed by atoms with Crippen LogP contribution in [0.25, 0.3) is 5.00 Å². The van der Waals surface area contributed by atoms with E-state index in [2.05, 4.69) is 31.1 Å². The Morgan fingerprint density at radius 3 is 2.67 bits per heavy atom. The smallest absolute Gasteiger partial charge is 0.0707 e. The molecule has 0 aromatic carbocycles. The first-order valence-electron chi connectivity index (χ1n) is 5.12. The van der Waals surface area contributed by atoms with Crippen LogP contribution < -0.4 is 4.68 Å². The van der Waals surface area contributed by atoms with E-state index in [1.807, 2.05) is 29.9 Å². The van der Waals surface area contributed by atoms with Gasteiger partial charge in [0.15, 0.2) is 0 Å². The van der Waals surface area contributed by atoms with E-state index in [0.29, 0.717) is 5.92 Å². The third-order valence-electron chi connectivity index (χ3n) is 2.24. The standard InChI is InChI=1S/C12H15N2S/c1-9(2)11-6-7-12(15-11)14-8-4-5-10(3)13-14/h4-9H,1-3H3/q+1. The zero-order valence-corrected chi connectivity index (χ0v) is 10.1. The van der Waals surface area contributed by atoms with Crippen molar-refractivity contribution in [2.75, 3.05) is 0 Å². The molecule has 0 amide bonds. The molecule has 2 rings (SSSR count). The van der Waals surface area contributed by atoms with Gasteiger partial charge in [0, 0.05) is 22.1 Å². The van der Waals surface area contributed by atoms with Gasteiger partial charge in [-0.05, 0) is 29.7 Å². The lowest BCUT2D eigenvalue weighted by atomic mass is 10.2. The van der Waals surface area contributed by atoms with E-state index in [-0.39, 0.29) is 0 Å². The van der Waals surface area contributed by atoms with Gasteiger partial charge in [0.25, 0.3) is 5.00 Å². The van der Waals surface area contributed by atoms with Crippen molar-refractivity contribution in [1.29, 1.82) is 0 Å². The molecule has 2 nitrogen and oxygen atoms in total. The molecule has 0 saturated carbocycles. The molecule has 0 atom stereocenters. The first-order valence-corrected chi connectivity index (χ1v) is 5.94. The summed E-state index contributed by atoms with van der Waals surface area (Å²) in [5.74, 6) is 0.592. The van der Waals surface area contributed by atoms with Crippen LogP contribution in [0.2, 0.25) is 0 Å². The second-order valence-electron chi connectivity index (χ2n) is 3.92. The minimum atomic E-state index is 0.592. The van der Waals surface area contributed by atoms with Crippen LogP contribution in [0.1, 0.15) is 30.3 Å². The van der Waals surface area contributed by atoms with Crippen LogP contribution >= 0.6 is 11.3 Å². The maximum absolute atomic E-state index is 4.44. The van der Waals surface area contributed by atoms with Gasteiger partial charge >= 0.3 is 0 Å².